The number of benzene rings is 2. The Labute approximate surface area is 224 Å². The molecule has 38 heavy (non-hydrogen) atoms. The molecule has 6 rings (SSSR count). The van der Waals surface area contributed by atoms with E-state index in [-0.39, 0.29) is 0 Å². The van der Waals surface area contributed by atoms with E-state index < -0.39 is 9.84 Å². The Morgan fingerprint density at radius 2 is 1.58 bits per heavy atom. The Hall–Kier alpha value is -3.27. The number of nitrogens with zero attached hydrogens (tertiary/aromatic N) is 6. The molecule has 4 aromatic rings. The van der Waals surface area contributed by atoms with Crippen molar-refractivity contribution in [3.8, 4) is 22.5 Å². The predicted molar refractivity (Wildman–Crippen MR) is 151 cm³/mol. The molecule has 2 aliphatic rings. The molecule has 0 spiro atoms. The van der Waals surface area contributed by atoms with E-state index in [1.54, 1.807) is 16.6 Å². The van der Waals surface area contributed by atoms with E-state index in [4.69, 9.17) is 10.1 Å². The van der Waals surface area contributed by atoms with Gasteiger partial charge in [-0.2, -0.15) is 0 Å². The van der Waals surface area contributed by atoms with Crippen molar-refractivity contribution >= 4 is 21.2 Å². The molecule has 2 aromatic heterocycles. The first-order valence-corrected chi connectivity index (χ1v) is 15.2. The number of rotatable bonds is 5. The molecule has 2 aromatic carbocycles. The van der Waals surface area contributed by atoms with E-state index >= 15 is 0 Å². The molecule has 2 fully saturated rings. The van der Waals surface area contributed by atoms with Gasteiger partial charge < -0.3 is 9.80 Å². The lowest BCUT2D eigenvalue weighted by Gasteiger charge is -2.42. The highest BCUT2D eigenvalue weighted by molar-refractivity contribution is 7.90. The standard InChI is InChI=1S/C29H34N6O2S/c1-32-17-19-34(20-18-32)24-12-15-33(16-13-24)25-6-3-5-23(21-25)28-30-29-27(7-4-14-35(29)31-28)22-8-10-26(11-9-22)38(2,36)37/h3-11,14,21,24H,12-13,15-20H2,1-2H3. The van der Waals surface area contributed by atoms with E-state index in [2.05, 4.69) is 46.0 Å². The van der Waals surface area contributed by atoms with Crippen molar-refractivity contribution in [1.82, 2.24) is 24.4 Å². The Morgan fingerprint density at radius 3 is 2.29 bits per heavy atom. The van der Waals surface area contributed by atoms with Gasteiger partial charge in [-0.15, -0.1) is 5.10 Å². The van der Waals surface area contributed by atoms with Crippen molar-refractivity contribution in [1.29, 1.82) is 0 Å². The van der Waals surface area contributed by atoms with Gasteiger partial charge in [0.05, 0.1) is 4.90 Å². The Morgan fingerprint density at radius 1 is 0.842 bits per heavy atom. The highest BCUT2D eigenvalue weighted by atomic mass is 32.2. The lowest BCUT2D eigenvalue weighted by atomic mass is 10.0. The average Bonchev–Trinajstić information content (AvgIpc) is 3.38. The summed E-state index contributed by atoms with van der Waals surface area (Å²) in [6.45, 7) is 6.82. The lowest BCUT2D eigenvalue weighted by Crippen LogP contribution is -2.52. The number of sulfone groups is 1. The van der Waals surface area contributed by atoms with E-state index in [1.807, 2.05) is 30.5 Å². The fourth-order valence-electron chi connectivity index (χ4n) is 5.65. The second kappa shape index (κ2) is 10.1. The van der Waals surface area contributed by atoms with E-state index in [9.17, 15) is 8.42 Å². The molecule has 0 saturated carbocycles. The fourth-order valence-corrected chi connectivity index (χ4v) is 6.28. The molecule has 4 heterocycles. The minimum atomic E-state index is -3.24. The maximum Gasteiger partial charge on any atom is 0.182 e. The molecule has 2 aliphatic heterocycles. The number of pyridine rings is 1. The third-order valence-corrected chi connectivity index (χ3v) is 9.07. The number of piperazine rings is 1. The van der Waals surface area contributed by atoms with Crippen LogP contribution in [0.3, 0.4) is 0 Å². The van der Waals surface area contributed by atoms with Crippen LogP contribution in [0.4, 0.5) is 5.69 Å². The summed E-state index contributed by atoms with van der Waals surface area (Å²) in [7, 11) is -1.03. The molecule has 9 heteroatoms. The first-order chi connectivity index (χ1) is 18.3. The van der Waals surface area contributed by atoms with Crippen LogP contribution in [-0.2, 0) is 9.84 Å². The fraction of sp³-hybridized carbons (Fsp3) is 0.379. The van der Waals surface area contributed by atoms with Gasteiger partial charge in [0.1, 0.15) is 0 Å². The molecule has 0 bridgehead atoms. The van der Waals surface area contributed by atoms with Crippen LogP contribution >= 0.6 is 0 Å². The molecule has 198 valence electrons. The number of hydrogen-bond acceptors (Lipinski definition) is 7. The van der Waals surface area contributed by atoms with E-state index in [0.717, 1.165) is 35.4 Å². The minimum Gasteiger partial charge on any atom is -0.371 e. The monoisotopic (exact) mass is 530 g/mol. The third kappa shape index (κ3) is 5.06. The third-order valence-electron chi connectivity index (χ3n) is 7.94. The molecule has 8 nitrogen and oxygen atoms in total. The van der Waals surface area contributed by atoms with Crippen LogP contribution in [-0.4, -0.2) is 91.4 Å². The first kappa shape index (κ1) is 25.0. The van der Waals surface area contributed by atoms with Gasteiger partial charge in [0.25, 0.3) is 0 Å². The zero-order valence-corrected chi connectivity index (χ0v) is 22.8. The number of anilines is 1. The average molecular weight is 531 g/mol. The number of likely N-dealkylation sites (N-methyl/N-ethyl adjacent to an activating group) is 1. The molecule has 0 atom stereocenters. The van der Waals surface area contributed by atoms with Gasteiger partial charge in [0, 0.05) is 74.6 Å². The van der Waals surface area contributed by atoms with Crippen molar-refractivity contribution < 1.29 is 8.42 Å². The number of hydrogen-bond donors (Lipinski definition) is 0. The molecular weight excluding hydrogens is 496 g/mol. The summed E-state index contributed by atoms with van der Waals surface area (Å²) in [6, 6.07) is 20.1. The number of aromatic nitrogens is 3. The van der Waals surface area contributed by atoms with Crippen molar-refractivity contribution in [2.45, 2.75) is 23.8 Å². The molecule has 0 radical (unpaired) electrons. The highest BCUT2D eigenvalue weighted by Crippen LogP contribution is 2.29. The van der Waals surface area contributed by atoms with Gasteiger partial charge in [-0.1, -0.05) is 24.3 Å². The lowest BCUT2D eigenvalue weighted by molar-refractivity contribution is 0.0982. The maximum atomic E-state index is 11.9. The smallest absolute Gasteiger partial charge is 0.182 e. The molecule has 0 unspecified atom stereocenters. The first-order valence-electron chi connectivity index (χ1n) is 13.3. The van der Waals surface area contributed by atoms with Crippen molar-refractivity contribution in [2.75, 3.05) is 57.5 Å². The molecular formula is C29H34N6O2S. The summed E-state index contributed by atoms with van der Waals surface area (Å²) in [5, 5.41) is 4.77. The van der Waals surface area contributed by atoms with Crippen LogP contribution in [0.15, 0.2) is 71.8 Å². The summed E-state index contributed by atoms with van der Waals surface area (Å²) in [5.41, 5.74) is 4.76. The normalized spacial score (nSPS) is 18.3. The summed E-state index contributed by atoms with van der Waals surface area (Å²) in [5.74, 6) is 0.680. The van der Waals surface area contributed by atoms with Gasteiger partial charge in [0.15, 0.2) is 21.3 Å². The summed E-state index contributed by atoms with van der Waals surface area (Å²) < 4.78 is 25.5. The molecule has 0 aliphatic carbocycles. The molecule has 0 amide bonds. The zero-order chi connectivity index (χ0) is 26.3. The second-order valence-electron chi connectivity index (χ2n) is 10.5. The second-order valence-corrected chi connectivity index (χ2v) is 12.5. The molecule has 2 saturated heterocycles. The van der Waals surface area contributed by atoms with Crippen LogP contribution in [0, 0.1) is 0 Å². The minimum absolute atomic E-state index is 0.305. The van der Waals surface area contributed by atoms with Gasteiger partial charge in [0.2, 0.25) is 0 Å². The SMILES string of the molecule is CN1CCN(C2CCN(c3cccc(-c4nc5c(-c6ccc(S(C)(=O)=O)cc6)cccn5n4)c3)CC2)CC1. The Bertz CT molecular complexity index is 1530. The molecule has 0 N–H and O–H groups in total. The van der Waals surface area contributed by atoms with Crippen LogP contribution in [0.1, 0.15) is 12.8 Å². The zero-order valence-electron chi connectivity index (χ0n) is 22.0. The van der Waals surface area contributed by atoms with E-state index in [1.165, 1.54) is 51.0 Å². The largest absolute Gasteiger partial charge is 0.371 e. The number of fused-ring (bicyclic) bond motifs is 1. The number of piperidine rings is 1. The summed E-state index contributed by atoms with van der Waals surface area (Å²) in [4.78, 5) is 12.8. The summed E-state index contributed by atoms with van der Waals surface area (Å²) >= 11 is 0. The van der Waals surface area contributed by atoms with Gasteiger partial charge >= 0.3 is 0 Å². The van der Waals surface area contributed by atoms with Crippen LogP contribution in [0.2, 0.25) is 0 Å². The predicted octanol–water partition coefficient (Wildman–Crippen LogP) is 3.68. The van der Waals surface area contributed by atoms with Gasteiger partial charge in [-0.05, 0) is 61.9 Å². The highest BCUT2D eigenvalue weighted by Gasteiger charge is 2.27. The van der Waals surface area contributed by atoms with Gasteiger partial charge in [-0.25, -0.2) is 17.9 Å². The van der Waals surface area contributed by atoms with Crippen molar-refractivity contribution in [2.24, 2.45) is 0 Å². The van der Waals surface area contributed by atoms with Crippen LogP contribution in [0.5, 0.6) is 0 Å². The topological polar surface area (TPSA) is 74.0 Å². The van der Waals surface area contributed by atoms with Crippen LogP contribution < -0.4 is 4.90 Å². The Balaban J connectivity index is 1.21. The van der Waals surface area contributed by atoms with Crippen LogP contribution in [0.25, 0.3) is 28.2 Å². The summed E-state index contributed by atoms with van der Waals surface area (Å²) in [6.07, 6.45) is 5.51. The maximum absolute atomic E-state index is 11.9. The van der Waals surface area contributed by atoms with Gasteiger partial charge in [-0.3, -0.25) is 4.90 Å². The quantitative estimate of drug-likeness (QED) is 0.390. The van der Waals surface area contributed by atoms with Crippen molar-refractivity contribution in [3.63, 3.8) is 0 Å². The Kier molecular flexibility index (Phi) is 6.67. The van der Waals surface area contributed by atoms with E-state index in [0.29, 0.717) is 16.8 Å². The van der Waals surface area contributed by atoms with Crippen molar-refractivity contribution in [3.05, 3.63) is 66.9 Å².